The summed E-state index contributed by atoms with van der Waals surface area (Å²) in [6, 6.07) is 3.82. The smallest absolute Gasteiger partial charge is 0.238 e. The normalized spacial score (nSPS) is 12.5. The fraction of sp³-hybridized carbons (Fsp3) is 0.412. The number of nitrogens with one attached hydrogen (secondary N) is 1. The standard InChI is InChI=1S/C17H22N6O2S/c1-10(2)23-14(6-8-18-23)19-16(24)12(4)26-17-21-20-15(22(17)5)13-7-9-25-11(13)3/h6-10,12H,1-5H3,(H,19,24). The van der Waals surface area contributed by atoms with Gasteiger partial charge < -0.3 is 14.3 Å². The highest BCUT2D eigenvalue weighted by Crippen LogP contribution is 2.28. The predicted octanol–water partition coefficient (Wildman–Crippen LogP) is 3.28. The maximum Gasteiger partial charge on any atom is 0.238 e. The van der Waals surface area contributed by atoms with E-state index >= 15 is 0 Å². The molecule has 0 aromatic carbocycles. The van der Waals surface area contributed by atoms with Crippen LogP contribution < -0.4 is 5.32 Å². The van der Waals surface area contributed by atoms with E-state index in [0.29, 0.717) is 16.8 Å². The zero-order valence-electron chi connectivity index (χ0n) is 15.4. The summed E-state index contributed by atoms with van der Waals surface area (Å²) in [5, 5.41) is 15.9. The molecule has 0 saturated heterocycles. The van der Waals surface area contributed by atoms with E-state index in [2.05, 4.69) is 20.6 Å². The van der Waals surface area contributed by atoms with Gasteiger partial charge in [0.1, 0.15) is 11.6 Å². The van der Waals surface area contributed by atoms with E-state index in [1.54, 1.807) is 23.2 Å². The van der Waals surface area contributed by atoms with E-state index in [1.165, 1.54) is 11.8 Å². The number of rotatable bonds is 6. The number of anilines is 1. The summed E-state index contributed by atoms with van der Waals surface area (Å²) in [5.41, 5.74) is 0.893. The molecule has 8 nitrogen and oxygen atoms in total. The third-order valence-corrected chi connectivity index (χ3v) is 5.13. The van der Waals surface area contributed by atoms with Gasteiger partial charge in [0, 0.05) is 19.2 Å². The van der Waals surface area contributed by atoms with Gasteiger partial charge in [-0.2, -0.15) is 5.10 Å². The highest BCUT2D eigenvalue weighted by molar-refractivity contribution is 8.00. The van der Waals surface area contributed by atoms with Crippen molar-refractivity contribution in [2.24, 2.45) is 7.05 Å². The maximum absolute atomic E-state index is 12.5. The molecular weight excluding hydrogens is 352 g/mol. The van der Waals surface area contributed by atoms with E-state index < -0.39 is 0 Å². The summed E-state index contributed by atoms with van der Waals surface area (Å²) >= 11 is 1.36. The average molecular weight is 374 g/mol. The summed E-state index contributed by atoms with van der Waals surface area (Å²) < 4.78 is 8.97. The maximum atomic E-state index is 12.5. The monoisotopic (exact) mass is 374 g/mol. The lowest BCUT2D eigenvalue weighted by Gasteiger charge is -2.14. The Morgan fingerprint density at radius 2 is 2.04 bits per heavy atom. The van der Waals surface area contributed by atoms with Crippen LogP contribution in [0.15, 0.2) is 34.2 Å². The lowest BCUT2D eigenvalue weighted by atomic mass is 10.2. The molecule has 1 atom stereocenters. The number of nitrogens with zero attached hydrogens (tertiary/aromatic N) is 5. The van der Waals surface area contributed by atoms with Crippen LogP contribution in [0.25, 0.3) is 11.4 Å². The molecule has 0 bridgehead atoms. The molecule has 9 heteroatoms. The molecule has 0 saturated carbocycles. The second-order valence-corrected chi connectivity index (χ2v) is 7.57. The minimum Gasteiger partial charge on any atom is -0.469 e. The Kier molecular flexibility index (Phi) is 5.17. The molecule has 0 aliphatic carbocycles. The van der Waals surface area contributed by atoms with Gasteiger partial charge >= 0.3 is 0 Å². The number of thioether (sulfide) groups is 1. The molecule has 0 aliphatic rings. The van der Waals surface area contributed by atoms with Crippen LogP contribution in [0.1, 0.15) is 32.6 Å². The number of hydrogen-bond donors (Lipinski definition) is 1. The Morgan fingerprint density at radius 1 is 1.27 bits per heavy atom. The molecule has 0 fully saturated rings. The van der Waals surface area contributed by atoms with Crippen molar-refractivity contribution < 1.29 is 9.21 Å². The predicted molar refractivity (Wildman–Crippen MR) is 100 cm³/mol. The van der Waals surface area contributed by atoms with Crippen LogP contribution in [0, 0.1) is 6.92 Å². The molecule has 3 heterocycles. The molecule has 0 aliphatic heterocycles. The van der Waals surface area contributed by atoms with Crippen LogP contribution in [-0.2, 0) is 11.8 Å². The van der Waals surface area contributed by atoms with Crippen molar-refractivity contribution in [2.45, 2.75) is 44.1 Å². The van der Waals surface area contributed by atoms with E-state index in [9.17, 15) is 4.79 Å². The second-order valence-electron chi connectivity index (χ2n) is 6.26. The van der Waals surface area contributed by atoms with Gasteiger partial charge in [-0.1, -0.05) is 11.8 Å². The number of aromatic nitrogens is 5. The van der Waals surface area contributed by atoms with Crippen LogP contribution in [0.4, 0.5) is 5.82 Å². The van der Waals surface area contributed by atoms with Crippen molar-refractivity contribution in [3.63, 3.8) is 0 Å². The molecule has 3 aromatic rings. The van der Waals surface area contributed by atoms with Gasteiger partial charge in [0.15, 0.2) is 11.0 Å². The van der Waals surface area contributed by atoms with Gasteiger partial charge in [-0.15, -0.1) is 10.2 Å². The molecule has 3 aromatic heterocycles. The molecule has 26 heavy (non-hydrogen) atoms. The largest absolute Gasteiger partial charge is 0.469 e. The Labute approximate surface area is 156 Å². The molecule has 138 valence electrons. The van der Waals surface area contributed by atoms with Gasteiger partial charge in [-0.25, -0.2) is 4.68 Å². The van der Waals surface area contributed by atoms with Crippen LogP contribution in [0.3, 0.4) is 0 Å². The van der Waals surface area contributed by atoms with Gasteiger partial charge in [0.2, 0.25) is 5.91 Å². The zero-order valence-corrected chi connectivity index (χ0v) is 16.2. The Hall–Kier alpha value is -2.55. The molecular formula is C17H22N6O2S. The van der Waals surface area contributed by atoms with Gasteiger partial charge in [0.05, 0.1) is 23.3 Å². The number of carbonyl (C=O) groups excluding carboxylic acids is 1. The molecule has 1 unspecified atom stereocenters. The summed E-state index contributed by atoms with van der Waals surface area (Å²) in [6.45, 7) is 7.75. The molecule has 1 N–H and O–H groups in total. The first-order valence-corrected chi connectivity index (χ1v) is 9.21. The lowest BCUT2D eigenvalue weighted by Crippen LogP contribution is -2.25. The van der Waals surface area contributed by atoms with E-state index in [-0.39, 0.29) is 17.2 Å². The van der Waals surface area contributed by atoms with Gasteiger partial charge in [0.25, 0.3) is 0 Å². The summed E-state index contributed by atoms with van der Waals surface area (Å²) in [7, 11) is 1.88. The number of aryl methyl sites for hydroxylation is 1. The van der Waals surface area contributed by atoms with Crippen molar-refractivity contribution in [3.8, 4) is 11.4 Å². The Morgan fingerprint density at radius 3 is 2.69 bits per heavy atom. The van der Waals surface area contributed by atoms with Crippen molar-refractivity contribution in [2.75, 3.05) is 5.32 Å². The van der Waals surface area contributed by atoms with Crippen LogP contribution in [0.5, 0.6) is 0 Å². The lowest BCUT2D eigenvalue weighted by molar-refractivity contribution is -0.115. The zero-order chi connectivity index (χ0) is 18.8. The number of hydrogen-bond acceptors (Lipinski definition) is 6. The number of amides is 1. The minimum absolute atomic E-state index is 0.110. The van der Waals surface area contributed by atoms with Crippen molar-refractivity contribution in [1.29, 1.82) is 0 Å². The SMILES string of the molecule is Cc1occc1-c1nnc(SC(C)C(=O)Nc2ccnn2C(C)C)n1C. The van der Waals surface area contributed by atoms with Crippen LogP contribution in [-0.4, -0.2) is 35.7 Å². The van der Waals surface area contributed by atoms with Gasteiger partial charge in [-0.3, -0.25) is 4.79 Å². The fourth-order valence-corrected chi connectivity index (χ4v) is 3.35. The first kappa shape index (κ1) is 18.2. The quantitative estimate of drug-likeness (QED) is 0.666. The minimum atomic E-state index is -0.341. The van der Waals surface area contributed by atoms with Crippen LogP contribution >= 0.6 is 11.8 Å². The first-order valence-electron chi connectivity index (χ1n) is 8.33. The summed E-state index contributed by atoms with van der Waals surface area (Å²) in [5.74, 6) is 2.07. The third kappa shape index (κ3) is 3.52. The van der Waals surface area contributed by atoms with E-state index in [4.69, 9.17) is 4.42 Å². The Bertz CT molecular complexity index is 910. The number of furan rings is 1. The first-order chi connectivity index (χ1) is 12.4. The highest BCUT2D eigenvalue weighted by atomic mass is 32.2. The summed E-state index contributed by atoms with van der Waals surface area (Å²) in [4.78, 5) is 12.5. The summed E-state index contributed by atoms with van der Waals surface area (Å²) in [6.07, 6.45) is 3.30. The highest BCUT2D eigenvalue weighted by Gasteiger charge is 2.21. The van der Waals surface area contributed by atoms with Gasteiger partial charge in [-0.05, 0) is 33.8 Å². The van der Waals surface area contributed by atoms with Crippen LogP contribution in [0.2, 0.25) is 0 Å². The molecule has 0 radical (unpaired) electrons. The molecule has 3 rings (SSSR count). The average Bonchev–Trinajstić information content (AvgIpc) is 3.29. The molecule has 0 spiro atoms. The van der Waals surface area contributed by atoms with E-state index in [0.717, 1.165) is 11.3 Å². The Balaban J connectivity index is 1.71. The topological polar surface area (TPSA) is 90.8 Å². The van der Waals surface area contributed by atoms with Crippen molar-refractivity contribution >= 4 is 23.5 Å². The van der Waals surface area contributed by atoms with Crippen molar-refractivity contribution in [3.05, 3.63) is 30.4 Å². The third-order valence-electron chi connectivity index (χ3n) is 4.00. The number of carbonyl (C=O) groups is 1. The van der Waals surface area contributed by atoms with E-state index in [1.807, 2.05) is 45.4 Å². The second kappa shape index (κ2) is 7.36. The molecule has 1 amide bonds. The fourth-order valence-electron chi connectivity index (χ4n) is 2.53. The van der Waals surface area contributed by atoms with Crippen molar-refractivity contribution in [1.82, 2.24) is 24.5 Å².